The minimum atomic E-state index is -4.53. The lowest BCUT2D eigenvalue weighted by atomic mass is 10.1. The number of ether oxygens (including phenoxy) is 1. The monoisotopic (exact) mass is 457 g/mol. The molecular formula is C23H18F3N3O4. The molecule has 0 saturated heterocycles. The molecule has 4 N–H and O–H groups in total. The van der Waals surface area contributed by atoms with Gasteiger partial charge in [0.2, 0.25) is 5.91 Å². The molecule has 0 atom stereocenters. The van der Waals surface area contributed by atoms with Gasteiger partial charge in [-0.05, 0) is 60.7 Å². The number of nitrogens with two attached hydrogens (primary N) is 1. The summed E-state index contributed by atoms with van der Waals surface area (Å²) in [5.74, 6) is -1.39. The van der Waals surface area contributed by atoms with E-state index in [1.165, 1.54) is 54.6 Å². The van der Waals surface area contributed by atoms with Crippen molar-refractivity contribution >= 4 is 29.1 Å². The van der Waals surface area contributed by atoms with Gasteiger partial charge < -0.3 is 21.1 Å². The molecule has 0 radical (unpaired) electrons. The highest BCUT2D eigenvalue weighted by atomic mass is 19.4. The van der Waals surface area contributed by atoms with E-state index >= 15 is 0 Å². The molecule has 33 heavy (non-hydrogen) atoms. The molecule has 0 aliphatic rings. The maximum atomic E-state index is 12.8. The Balaban J connectivity index is 1.59. The highest BCUT2D eigenvalue weighted by Gasteiger charge is 2.30. The van der Waals surface area contributed by atoms with Crippen LogP contribution in [0.3, 0.4) is 0 Å². The lowest BCUT2D eigenvalue weighted by Crippen LogP contribution is -2.20. The van der Waals surface area contributed by atoms with Crippen molar-refractivity contribution in [3.8, 4) is 5.75 Å². The highest BCUT2D eigenvalue weighted by Crippen LogP contribution is 2.30. The highest BCUT2D eigenvalue weighted by molar-refractivity contribution is 6.05. The zero-order valence-corrected chi connectivity index (χ0v) is 17.0. The molecule has 3 rings (SSSR count). The summed E-state index contributed by atoms with van der Waals surface area (Å²) in [6.07, 6.45) is -4.53. The summed E-state index contributed by atoms with van der Waals surface area (Å²) in [7, 11) is 0. The fourth-order valence-corrected chi connectivity index (χ4v) is 2.78. The van der Waals surface area contributed by atoms with Gasteiger partial charge in [-0.15, -0.1) is 0 Å². The number of hydrogen-bond donors (Lipinski definition) is 3. The first-order chi connectivity index (χ1) is 15.6. The number of primary amides is 1. The molecule has 3 amide bonds. The van der Waals surface area contributed by atoms with Gasteiger partial charge in [0, 0.05) is 22.5 Å². The molecule has 10 heteroatoms. The number of amides is 3. The standard InChI is InChI=1S/C23H18F3N3O4/c24-23(25,26)16-4-2-6-18(12-16)29-22(32)15-3-1-5-17(11-15)28-20(30)13-33-19-9-7-14(8-10-19)21(27)31/h1-12H,13H2,(H2,27,31)(H,28,30)(H,29,32). The van der Waals surface area contributed by atoms with E-state index in [1.54, 1.807) is 6.07 Å². The number of carbonyl (C=O) groups is 3. The predicted octanol–water partition coefficient (Wildman–Crippen LogP) is 4.07. The van der Waals surface area contributed by atoms with Gasteiger partial charge in [-0.1, -0.05) is 12.1 Å². The minimum Gasteiger partial charge on any atom is -0.484 e. The second-order valence-corrected chi connectivity index (χ2v) is 6.84. The average molecular weight is 457 g/mol. The Bertz CT molecular complexity index is 1180. The van der Waals surface area contributed by atoms with Crippen LogP contribution in [0.25, 0.3) is 0 Å². The van der Waals surface area contributed by atoms with Crippen LogP contribution in [0.4, 0.5) is 24.5 Å². The summed E-state index contributed by atoms with van der Waals surface area (Å²) in [5, 5.41) is 4.96. The normalized spacial score (nSPS) is 10.9. The summed E-state index contributed by atoms with van der Waals surface area (Å²) < 4.78 is 43.9. The van der Waals surface area contributed by atoms with Crippen molar-refractivity contribution in [1.82, 2.24) is 0 Å². The molecule has 3 aromatic rings. The van der Waals surface area contributed by atoms with E-state index in [1.807, 2.05) is 0 Å². The molecule has 0 saturated carbocycles. The van der Waals surface area contributed by atoms with Crippen molar-refractivity contribution in [2.24, 2.45) is 5.73 Å². The second-order valence-electron chi connectivity index (χ2n) is 6.84. The Morgan fingerprint density at radius 1 is 0.818 bits per heavy atom. The van der Waals surface area contributed by atoms with Gasteiger partial charge in [0.05, 0.1) is 5.56 Å². The summed E-state index contributed by atoms with van der Waals surface area (Å²) in [6, 6.07) is 16.1. The number of rotatable bonds is 7. The van der Waals surface area contributed by atoms with Crippen LogP contribution >= 0.6 is 0 Å². The first kappa shape index (κ1) is 23.3. The van der Waals surface area contributed by atoms with E-state index in [2.05, 4.69) is 10.6 Å². The van der Waals surface area contributed by atoms with E-state index in [0.717, 1.165) is 12.1 Å². The van der Waals surface area contributed by atoms with Gasteiger partial charge >= 0.3 is 6.18 Å². The number of benzene rings is 3. The lowest BCUT2D eigenvalue weighted by molar-refractivity contribution is -0.137. The zero-order valence-electron chi connectivity index (χ0n) is 17.0. The largest absolute Gasteiger partial charge is 0.484 e. The van der Waals surface area contributed by atoms with Crippen molar-refractivity contribution in [3.63, 3.8) is 0 Å². The fraction of sp³-hybridized carbons (Fsp3) is 0.0870. The Kier molecular flexibility index (Phi) is 6.97. The van der Waals surface area contributed by atoms with Crippen molar-refractivity contribution in [2.75, 3.05) is 17.2 Å². The van der Waals surface area contributed by atoms with E-state index in [4.69, 9.17) is 10.5 Å². The Morgan fingerprint density at radius 2 is 1.45 bits per heavy atom. The van der Waals surface area contributed by atoms with Crippen LogP contribution in [0.15, 0.2) is 72.8 Å². The van der Waals surface area contributed by atoms with E-state index in [-0.39, 0.29) is 17.9 Å². The van der Waals surface area contributed by atoms with Gasteiger partial charge in [-0.2, -0.15) is 13.2 Å². The lowest BCUT2D eigenvalue weighted by Gasteiger charge is -2.11. The molecule has 170 valence electrons. The molecule has 7 nitrogen and oxygen atoms in total. The molecular weight excluding hydrogens is 439 g/mol. The Hall–Kier alpha value is -4.34. The maximum Gasteiger partial charge on any atom is 0.416 e. The number of anilines is 2. The number of alkyl halides is 3. The molecule has 0 heterocycles. The summed E-state index contributed by atoms with van der Waals surface area (Å²) >= 11 is 0. The topological polar surface area (TPSA) is 111 Å². The number of halogens is 3. The van der Waals surface area contributed by atoms with Gasteiger partial charge in [-0.3, -0.25) is 14.4 Å². The average Bonchev–Trinajstić information content (AvgIpc) is 2.78. The Morgan fingerprint density at radius 3 is 2.09 bits per heavy atom. The summed E-state index contributed by atoms with van der Waals surface area (Å²) in [5.41, 5.74) is 4.98. The van der Waals surface area contributed by atoms with E-state index in [0.29, 0.717) is 17.0 Å². The van der Waals surface area contributed by atoms with Gasteiger partial charge in [0.15, 0.2) is 6.61 Å². The number of hydrogen-bond acceptors (Lipinski definition) is 4. The van der Waals surface area contributed by atoms with Gasteiger partial charge in [-0.25, -0.2) is 0 Å². The van der Waals surface area contributed by atoms with Crippen molar-refractivity contribution in [1.29, 1.82) is 0 Å². The SMILES string of the molecule is NC(=O)c1ccc(OCC(=O)Nc2cccc(C(=O)Nc3cccc(C(F)(F)F)c3)c2)cc1. The Labute approximate surface area is 186 Å². The minimum absolute atomic E-state index is 0.0139. The smallest absolute Gasteiger partial charge is 0.416 e. The van der Waals surface area contributed by atoms with Crippen LogP contribution in [0.1, 0.15) is 26.3 Å². The molecule has 0 aromatic heterocycles. The first-order valence-electron chi connectivity index (χ1n) is 9.53. The molecule has 0 aliphatic carbocycles. The van der Waals surface area contributed by atoms with Crippen molar-refractivity contribution < 1.29 is 32.3 Å². The van der Waals surface area contributed by atoms with Crippen LogP contribution < -0.4 is 21.1 Å². The van der Waals surface area contributed by atoms with Crippen LogP contribution in [0.5, 0.6) is 5.75 Å². The summed E-state index contributed by atoms with van der Waals surface area (Å²) in [6.45, 7) is -0.337. The van der Waals surface area contributed by atoms with Gasteiger partial charge in [0.25, 0.3) is 11.8 Å². The quantitative estimate of drug-likeness (QED) is 0.497. The van der Waals surface area contributed by atoms with E-state index < -0.39 is 29.5 Å². The molecule has 0 spiro atoms. The third-order valence-corrected chi connectivity index (χ3v) is 4.37. The molecule has 0 unspecified atom stereocenters. The van der Waals surface area contributed by atoms with E-state index in [9.17, 15) is 27.6 Å². The number of carbonyl (C=O) groups excluding carboxylic acids is 3. The molecule has 3 aromatic carbocycles. The third kappa shape index (κ3) is 6.57. The summed E-state index contributed by atoms with van der Waals surface area (Å²) in [4.78, 5) is 35.6. The van der Waals surface area contributed by atoms with Crippen LogP contribution in [-0.2, 0) is 11.0 Å². The number of nitrogens with one attached hydrogen (secondary N) is 2. The fourth-order valence-electron chi connectivity index (χ4n) is 2.78. The van der Waals surface area contributed by atoms with Crippen LogP contribution in [0.2, 0.25) is 0 Å². The predicted molar refractivity (Wildman–Crippen MR) is 115 cm³/mol. The first-order valence-corrected chi connectivity index (χ1v) is 9.53. The van der Waals surface area contributed by atoms with Gasteiger partial charge in [0.1, 0.15) is 5.75 Å². The maximum absolute atomic E-state index is 12.8. The van der Waals surface area contributed by atoms with Crippen LogP contribution in [0, 0.1) is 0 Å². The molecule has 0 fully saturated rings. The molecule has 0 aliphatic heterocycles. The molecule has 0 bridgehead atoms. The zero-order chi connectivity index (χ0) is 24.0. The van der Waals surface area contributed by atoms with Crippen molar-refractivity contribution in [2.45, 2.75) is 6.18 Å². The van der Waals surface area contributed by atoms with Crippen LogP contribution in [-0.4, -0.2) is 24.3 Å². The third-order valence-electron chi connectivity index (χ3n) is 4.37. The van der Waals surface area contributed by atoms with Crippen molar-refractivity contribution in [3.05, 3.63) is 89.5 Å². The second kappa shape index (κ2) is 9.86.